The summed E-state index contributed by atoms with van der Waals surface area (Å²) in [5.74, 6) is 2.86. The van der Waals surface area contributed by atoms with Crippen molar-refractivity contribution in [3.8, 4) is 23.0 Å². The Morgan fingerprint density at radius 3 is 1.82 bits per heavy atom. The first-order valence-corrected chi connectivity index (χ1v) is 12.2. The molecule has 6 nitrogen and oxygen atoms in total. The molecule has 3 aliphatic rings. The first-order chi connectivity index (χ1) is 16.1. The Morgan fingerprint density at radius 1 is 0.818 bits per heavy atom. The highest BCUT2D eigenvalue weighted by molar-refractivity contribution is 8.25. The van der Waals surface area contributed by atoms with Crippen LogP contribution in [0.5, 0.6) is 23.0 Å². The van der Waals surface area contributed by atoms with Crippen LogP contribution in [0.25, 0.3) is 12.2 Å². The van der Waals surface area contributed by atoms with Gasteiger partial charge >= 0.3 is 0 Å². The molecule has 0 saturated carbocycles. The first-order valence-electron chi connectivity index (χ1n) is 10.3. The summed E-state index contributed by atoms with van der Waals surface area (Å²) >= 11 is 3.12. The Balaban J connectivity index is 1.37. The fourth-order valence-electron chi connectivity index (χ4n) is 3.44. The molecule has 168 valence electrons. The third kappa shape index (κ3) is 4.82. The predicted molar refractivity (Wildman–Crippen MR) is 130 cm³/mol. The number of rotatable bonds is 6. The van der Waals surface area contributed by atoms with Gasteiger partial charge in [-0.2, -0.15) is 0 Å². The van der Waals surface area contributed by atoms with E-state index in [0.717, 1.165) is 21.1 Å². The average molecular weight is 481 g/mol. The van der Waals surface area contributed by atoms with Crippen LogP contribution in [-0.2, 0) is 9.59 Å². The third-order valence-corrected chi connectivity index (χ3v) is 8.08. The van der Waals surface area contributed by atoms with Crippen LogP contribution in [-0.4, -0.2) is 36.2 Å². The number of hydrogen-bond donors (Lipinski definition) is 0. The van der Waals surface area contributed by atoms with Crippen LogP contribution >= 0.6 is 23.5 Å². The molecule has 1 saturated heterocycles. The molecule has 0 aliphatic carbocycles. The van der Waals surface area contributed by atoms with Crippen molar-refractivity contribution in [3.63, 3.8) is 0 Å². The first kappa shape index (κ1) is 21.7. The predicted octanol–water partition coefficient (Wildman–Crippen LogP) is 5.09. The maximum Gasteiger partial charge on any atom is 0.231 e. The molecule has 2 aromatic rings. The van der Waals surface area contributed by atoms with E-state index < -0.39 is 0 Å². The van der Waals surface area contributed by atoms with E-state index in [1.807, 2.05) is 12.1 Å². The Kier molecular flexibility index (Phi) is 6.20. The largest absolute Gasteiger partial charge is 0.454 e. The summed E-state index contributed by atoms with van der Waals surface area (Å²) in [6, 6.07) is 10.9. The molecular formula is C25H20O6S2. The molecule has 3 heterocycles. The minimum absolute atomic E-state index is 0.189. The Hall–Kier alpha value is -3.10. The van der Waals surface area contributed by atoms with Crippen molar-refractivity contribution >= 4 is 47.2 Å². The van der Waals surface area contributed by atoms with E-state index in [-0.39, 0.29) is 30.7 Å². The summed E-state index contributed by atoms with van der Waals surface area (Å²) in [5, 5.41) is 0.344. The summed E-state index contributed by atoms with van der Waals surface area (Å²) in [7, 11) is 0. The summed E-state index contributed by atoms with van der Waals surface area (Å²) in [5.41, 5.74) is 1.78. The maximum atomic E-state index is 13.1. The van der Waals surface area contributed by atoms with Gasteiger partial charge in [0.25, 0.3) is 0 Å². The van der Waals surface area contributed by atoms with Crippen LogP contribution in [0.2, 0.25) is 0 Å². The smallest absolute Gasteiger partial charge is 0.231 e. The number of ketones is 2. The van der Waals surface area contributed by atoms with E-state index in [1.54, 1.807) is 59.9 Å². The van der Waals surface area contributed by atoms with Gasteiger partial charge in [-0.3, -0.25) is 9.59 Å². The number of thioether (sulfide) groups is 2. The number of ether oxygens (including phenoxy) is 4. The van der Waals surface area contributed by atoms with E-state index in [2.05, 4.69) is 6.92 Å². The summed E-state index contributed by atoms with van der Waals surface area (Å²) in [6.45, 7) is 2.46. The van der Waals surface area contributed by atoms with Crippen molar-refractivity contribution < 1.29 is 28.5 Å². The van der Waals surface area contributed by atoms with Crippen LogP contribution in [0.15, 0.2) is 58.4 Å². The van der Waals surface area contributed by atoms with Gasteiger partial charge in [0.15, 0.2) is 34.6 Å². The van der Waals surface area contributed by atoms with Gasteiger partial charge in [-0.15, -0.1) is 23.5 Å². The highest BCUT2D eigenvalue weighted by Gasteiger charge is 2.26. The SMILES string of the molecule is C[C@H]1CSC(=C(C(=O)/C=C/c2ccc3c(c2)OCO3)C(=O)/C=C/c2ccc3c(c2)OCO3)S1. The number of hydrogen-bond acceptors (Lipinski definition) is 8. The molecule has 5 rings (SSSR count). The molecule has 3 aliphatic heterocycles. The standard InChI is InChI=1S/C25H20O6S2/c1-15-12-32-25(33-15)24(18(26)6-2-16-4-8-20-22(10-16)30-13-28-20)19(27)7-3-17-5-9-21-23(11-17)31-14-29-21/h2-11,15H,12-14H2,1H3/b6-2+,7-3+/t15-/m0/s1. The number of carbonyl (C=O) groups is 2. The minimum Gasteiger partial charge on any atom is -0.454 e. The average Bonchev–Trinajstić information content (AvgIpc) is 3.56. The van der Waals surface area contributed by atoms with Crippen molar-refractivity contribution in [1.82, 2.24) is 0 Å². The Labute approximate surface area is 199 Å². The number of fused-ring (bicyclic) bond motifs is 2. The molecule has 2 aromatic carbocycles. The molecule has 0 N–H and O–H groups in total. The Bertz CT molecular complexity index is 1130. The van der Waals surface area contributed by atoms with Gasteiger partial charge in [0.05, 0.1) is 9.81 Å². The molecule has 0 unspecified atom stereocenters. The number of benzene rings is 2. The number of allylic oxidation sites excluding steroid dienone is 3. The van der Waals surface area contributed by atoms with Gasteiger partial charge in [0, 0.05) is 11.0 Å². The summed E-state index contributed by atoms with van der Waals surface area (Å²) < 4.78 is 22.2. The topological polar surface area (TPSA) is 71.1 Å². The fourth-order valence-corrected chi connectivity index (χ4v) is 6.30. The molecule has 0 aromatic heterocycles. The van der Waals surface area contributed by atoms with E-state index in [1.165, 1.54) is 12.2 Å². The molecule has 0 amide bonds. The molecule has 1 atom stereocenters. The van der Waals surface area contributed by atoms with E-state index in [9.17, 15) is 9.59 Å². The maximum absolute atomic E-state index is 13.1. The molecule has 8 heteroatoms. The van der Waals surface area contributed by atoms with Gasteiger partial charge in [0.2, 0.25) is 13.6 Å². The fraction of sp³-hybridized carbons (Fsp3) is 0.200. The quantitative estimate of drug-likeness (QED) is 0.322. The lowest BCUT2D eigenvalue weighted by molar-refractivity contribution is -0.116. The second-order valence-electron chi connectivity index (χ2n) is 7.52. The lowest BCUT2D eigenvalue weighted by atomic mass is 10.1. The van der Waals surface area contributed by atoms with Crippen molar-refractivity contribution in [3.05, 3.63) is 69.5 Å². The van der Waals surface area contributed by atoms with Crippen LogP contribution in [0.3, 0.4) is 0 Å². The second kappa shape index (κ2) is 9.41. The zero-order chi connectivity index (χ0) is 22.8. The van der Waals surface area contributed by atoms with Crippen LogP contribution in [0, 0.1) is 0 Å². The van der Waals surface area contributed by atoms with Crippen molar-refractivity contribution in [2.45, 2.75) is 12.2 Å². The molecule has 0 bridgehead atoms. The van der Waals surface area contributed by atoms with Crippen LogP contribution < -0.4 is 18.9 Å². The van der Waals surface area contributed by atoms with Crippen molar-refractivity contribution in [1.29, 1.82) is 0 Å². The highest BCUT2D eigenvalue weighted by Crippen LogP contribution is 2.44. The van der Waals surface area contributed by atoms with E-state index in [4.69, 9.17) is 18.9 Å². The summed E-state index contributed by atoms with van der Waals surface area (Å²) in [6.07, 6.45) is 6.26. The van der Waals surface area contributed by atoms with Gasteiger partial charge in [0.1, 0.15) is 0 Å². The zero-order valence-electron chi connectivity index (χ0n) is 17.7. The lowest BCUT2D eigenvalue weighted by Gasteiger charge is -2.05. The minimum atomic E-state index is -0.322. The normalized spacial score (nSPS) is 18.5. The van der Waals surface area contributed by atoms with Gasteiger partial charge in [-0.1, -0.05) is 31.2 Å². The van der Waals surface area contributed by atoms with Crippen LogP contribution in [0.4, 0.5) is 0 Å². The monoisotopic (exact) mass is 480 g/mol. The lowest BCUT2D eigenvalue weighted by Crippen LogP contribution is -2.10. The van der Waals surface area contributed by atoms with Crippen molar-refractivity contribution in [2.75, 3.05) is 19.3 Å². The molecule has 33 heavy (non-hydrogen) atoms. The van der Waals surface area contributed by atoms with Crippen molar-refractivity contribution in [2.24, 2.45) is 0 Å². The second-order valence-corrected chi connectivity index (χ2v) is 10.3. The highest BCUT2D eigenvalue weighted by atomic mass is 32.2. The molecule has 0 radical (unpaired) electrons. The van der Waals surface area contributed by atoms with E-state index >= 15 is 0 Å². The van der Waals surface area contributed by atoms with Gasteiger partial charge in [-0.25, -0.2) is 0 Å². The Morgan fingerprint density at radius 2 is 1.33 bits per heavy atom. The zero-order valence-corrected chi connectivity index (χ0v) is 19.4. The molecule has 0 spiro atoms. The van der Waals surface area contributed by atoms with Gasteiger partial charge in [-0.05, 0) is 47.5 Å². The third-order valence-electron chi connectivity index (χ3n) is 5.10. The molecular weight excluding hydrogens is 460 g/mol. The van der Waals surface area contributed by atoms with E-state index in [0.29, 0.717) is 28.2 Å². The molecule has 1 fully saturated rings. The van der Waals surface area contributed by atoms with Crippen LogP contribution in [0.1, 0.15) is 18.1 Å². The summed E-state index contributed by atoms with van der Waals surface area (Å²) in [4.78, 5) is 26.3. The number of carbonyl (C=O) groups excluding carboxylic acids is 2. The van der Waals surface area contributed by atoms with Gasteiger partial charge < -0.3 is 18.9 Å².